The Balaban J connectivity index is 2.58. The fraction of sp³-hybridized carbons (Fsp3) is 0. The molecule has 3 nitrogen and oxygen atoms in total. The summed E-state index contributed by atoms with van der Waals surface area (Å²) in [7, 11) is 0. The standard InChI is InChI=1S/C5H4ClNO2/c6-5(8)9-4-2-1-3-7-4/h1-3,7H. The average Bonchev–Trinajstić information content (AvgIpc) is 2.15. The Bertz CT molecular complexity index is 195. The molecule has 0 radical (unpaired) electrons. The average molecular weight is 146 g/mol. The second-order valence-corrected chi connectivity index (χ2v) is 1.68. The van der Waals surface area contributed by atoms with Crippen LogP contribution in [0.1, 0.15) is 0 Å². The predicted molar refractivity (Wildman–Crippen MR) is 32.7 cm³/mol. The number of carbonyl (C=O) groups excluding carboxylic acids is 1. The Labute approximate surface area is 56.6 Å². The predicted octanol–water partition coefficient (Wildman–Crippen LogP) is 1.75. The third kappa shape index (κ3) is 1.77. The molecular weight excluding hydrogens is 142 g/mol. The highest BCUT2D eigenvalue weighted by atomic mass is 35.5. The molecule has 9 heavy (non-hydrogen) atoms. The van der Waals surface area contributed by atoms with Crippen molar-refractivity contribution in [1.82, 2.24) is 4.98 Å². The van der Waals surface area contributed by atoms with E-state index >= 15 is 0 Å². The second-order valence-electron chi connectivity index (χ2n) is 1.37. The summed E-state index contributed by atoms with van der Waals surface area (Å²) in [6, 6.07) is 3.30. The zero-order chi connectivity index (χ0) is 6.69. The molecule has 1 N–H and O–H groups in total. The Morgan fingerprint density at radius 1 is 1.78 bits per heavy atom. The van der Waals surface area contributed by atoms with E-state index in [9.17, 15) is 4.79 Å². The molecule has 0 unspecified atom stereocenters. The van der Waals surface area contributed by atoms with Gasteiger partial charge in [0.15, 0.2) is 0 Å². The lowest BCUT2D eigenvalue weighted by atomic mass is 10.7. The molecular formula is C5H4ClNO2. The number of aromatic nitrogens is 1. The van der Waals surface area contributed by atoms with Gasteiger partial charge in [0, 0.05) is 23.9 Å². The first-order valence-electron chi connectivity index (χ1n) is 2.30. The molecule has 4 heteroatoms. The fourth-order valence-corrected chi connectivity index (χ4v) is 0.547. The van der Waals surface area contributed by atoms with Crippen LogP contribution in [0.2, 0.25) is 0 Å². The Kier molecular flexibility index (Phi) is 1.75. The molecule has 0 aromatic carbocycles. The second kappa shape index (κ2) is 2.55. The van der Waals surface area contributed by atoms with Crippen LogP contribution < -0.4 is 4.74 Å². The van der Waals surface area contributed by atoms with Gasteiger partial charge in [0.1, 0.15) is 0 Å². The molecule has 0 spiro atoms. The van der Waals surface area contributed by atoms with Gasteiger partial charge in [-0.15, -0.1) is 0 Å². The van der Waals surface area contributed by atoms with Gasteiger partial charge in [0.05, 0.1) is 0 Å². The summed E-state index contributed by atoms with van der Waals surface area (Å²) in [6.45, 7) is 0. The summed E-state index contributed by atoms with van der Waals surface area (Å²) in [6.07, 6.45) is 1.63. The maximum atomic E-state index is 10.0. The summed E-state index contributed by atoms with van der Waals surface area (Å²) in [5, 5.41) is 0. The maximum absolute atomic E-state index is 10.0. The van der Waals surface area contributed by atoms with Crippen molar-refractivity contribution in [2.24, 2.45) is 0 Å². The summed E-state index contributed by atoms with van der Waals surface area (Å²) < 4.78 is 4.43. The number of aromatic amines is 1. The number of hydrogen-bond donors (Lipinski definition) is 1. The van der Waals surface area contributed by atoms with E-state index < -0.39 is 5.43 Å². The number of carbonyl (C=O) groups is 1. The van der Waals surface area contributed by atoms with E-state index in [1.54, 1.807) is 18.3 Å². The van der Waals surface area contributed by atoms with E-state index in [1.807, 2.05) is 0 Å². The van der Waals surface area contributed by atoms with Gasteiger partial charge in [-0.1, -0.05) is 0 Å². The van der Waals surface area contributed by atoms with Gasteiger partial charge in [0.25, 0.3) is 0 Å². The van der Waals surface area contributed by atoms with Crippen molar-refractivity contribution < 1.29 is 9.53 Å². The maximum Gasteiger partial charge on any atom is 0.410 e. The Hall–Kier alpha value is -0.960. The van der Waals surface area contributed by atoms with Gasteiger partial charge in [-0.05, 0) is 6.07 Å². The van der Waals surface area contributed by atoms with Crippen LogP contribution in [-0.4, -0.2) is 10.4 Å². The molecule has 0 aliphatic rings. The first-order valence-corrected chi connectivity index (χ1v) is 2.67. The zero-order valence-corrected chi connectivity index (χ0v) is 5.18. The molecule has 0 saturated carbocycles. The molecule has 1 rings (SSSR count). The minimum atomic E-state index is -0.836. The molecule has 0 bridgehead atoms. The highest BCUT2D eigenvalue weighted by Gasteiger charge is 1.96. The van der Waals surface area contributed by atoms with E-state index in [0.717, 1.165) is 0 Å². The van der Waals surface area contributed by atoms with Crippen molar-refractivity contribution in [2.75, 3.05) is 0 Å². The normalized spacial score (nSPS) is 9.00. The van der Waals surface area contributed by atoms with Crippen LogP contribution in [0.3, 0.4) is 0 Å². The molecule has 1 aromatic heterocycles. The number of rotatable bonds is 1. The molecule has 0 fully saturated rings. The quantitative estimate of drug-likeness (QED) is 0.612. The Morgan fingerprint density at radius 2 is 2.56 bits per heavy atom. The minimum absolute atomic E-state index is 0.356. The molecule has 0 amide bonds. The van der Waals surface area contributed by atoms with E-state index in [0.29, 0.717) is 5.88 Å². The van der Waals surface area contributed by atoms with Crippen molar-refractivity contribution in [1.29, 1.82) is 0 Å². The summed E-state index contributed by atoms with van der Waals surface area (Å²) in [5.41, 5.74) is -0.836. The molecule has 1 heterocycles. The van der Waals surface area contributed by atoms with Crippen molar-refractivity contribution in [3.63, 3.8) is 0 Å². The third-order valence-electron chi connectivity index (χ3n) is 0.760. The molecule has 0 atom stereocenters. The van der Waals surface area contributed by atoms with Gasteiger partial charge in [-0.25, -0.2) is 4.79 Å². The minimum Gasteiger partial charge on any atom is -0.397 e. The smallest absolute Gasteiger partial charge is 0.397 e. The third-order valence-corrected chi connectivity index (χ3v) is 0.837. The summed E-state index contributed by atoms with van der Waals surface area (Å²) in [5.74, 6) is 0.356. The van der Waals surface area contributed by atoms with Crippen LogP contribution in [0.25, 0.3) is 0 Å². The van der Waals surface area contributed by atoms with Crippen LogP contribution >= 0.6 is 11.6 Å². The van der Waals surface area contributed by atoms with Gasteiger partial charge in [0.2, 0.25) is 5.88 Å². The first-order chi connectivity index (χ1) is 4.29. The van der Waals surface area contributed by atoms with Gasteiger partial charge < -0.3 is 9.72 Å². The topological polar surface area (TPSA) is 42.1 Å². The first kappa shape index (κ1) is 6.16. The highest BCUT2D eigenvalue weighted by Crippen LogP contribution is 2.05. The number of halogens is 1. The monoisotopic (exact) mass is 145 g/mol. The van der Waals surface area contributed by atoms with Crippen LogP contribution in [0.4, 0.5) is 4.79 Å². The van der Waals surface area contributed by atoms with Crippen molar-refractivity contribution >= 4 is 17.0 Å². The van der Waals surface area contributed by atoms with E-state index in [2.05, 4.69) is 9.72 Å². The number of ether oxygens (including phenoxy) is 1. The van der Waals surface area contributed by atoms with E-state index in [-0.39, 0.29) is 0 Å². The SMILES string of the molecule is O=C(Cl)Oc1ccc[nH]1. The van der Waals surface area contributed by atoms with Crippen LogP contribution in [0.5, 0.6) is 5.88 Å². The Morgan fingerprint density at radius 3 is 3.00 bits per heavy atom. The lowest BCUT2D eigenvalue weighted by Crippen LogP contribution is -1.95. The molecule has 0 aliphatic carbocycles. The van der Waals surface area contributed by atoms with Gasteiger partial charge >= 0.3 is 5.43 Å². The van der Waals surface area contributed by atoms with Crippen LogP contribution in [0, 0.1) is 0 Å². The van der Waals surface area contributed by atoms with E-state index in [1.165, 1.54) is 0 Å². The number of H-pyrrole nitrogens is 1. The van der Waals surface area contributed by atoms with Gasteiger partial charge in [-0.2, -0.15) is 0 Å². The zero-order valence-electron chi connectivity index (χ0n) is 4.43. The molecule has 0 aliphatic heterocycles. The highest BCUT2D eigenvalue weighted by molar-refractivity contribution is 6.61. The largest absolute Gasteiger partial charge is 0.410 e. The molecule has 48 valence electrons. The number of nitrogens with one attached hydrogen (secondary N) is 1. The fourth-order valence-electron chi connectivity index (χ4n) is 0.464. The van der Waals surface area contributed by atoms with Crippen LogP contribution in [0.15, 0.2) is 18.3 Å². The lowest BCUT2D eigenvalue weighted by molar-refractivity contribution is 0.224. The van der Waals surface area contributed by atoms with Crippen LogP contribution in [-0.2, 0) is 0 Å². The van der Waals surface area contributed by atoms with Crippen molar-refractivity contribution in [3.8, 4) is 5.88 Å². The van der Waals surface area contributed by atoms with E-state index in [4.69, 9.17) is 11.6 Å². The summed E-state index contributed by atoms with van der Waals surface area (Å²) in [4.78, 5) is 12.7. The van der Waals surface area contributed by atoms with Crippen molar-refractivity contribution in [2.45, 2.75) is 0 Å². The summed E-state index contributed by atoms with van der Waals surface area (Å²) >= 11 is 4.89. The van der Waals surface area contributed by atoms with Crippen molar-refractivity contribution in [3.05, 3.63) is 18.3 Å². The lowest BCUT2D eigenvalue weighted by Gasteiger charge is -1.90. The number of hydrogen-bond acceptors (Lipinski definition) is 2. The molecule has 1 aromatic rings. The van der Waals surface area contributed by atoms with Gasteiger partial charge in [-0.3, -0.25) is 0 Å². The molecule has 0 saturated heterocycles.